The van der Waals surface area contributed by atoms with Gasteiger partial charge in [0.25, 0.3) is 0 Å². The molecule has 0 aliphatic heterocycles. The molecule has 0 heterocycles. The van der Waals surface area contributed by atoms with Gasteiger partial charge < -0.3 is 19.3 Å². The zero-order valence-electron chi connectivity index (χ0n) is 21.8. The van der Waals surface area contributed by atoms with Crippen molar-refractivity contribution in [2.75, 3.05) is 25.4 Å². The molecule has 0 saturated carbocycles. The Balaban J connectivity index is 1.80. The van der Waals surface area contributed by atoms with Crippen molar-refractivity contribution in [2.45, 2.75) is 48.0 Å². The molecule has 0 bridgehead atoms. The van der Waals surface area contributed by atoms with Gasteiger partial charge in [0.1, 0.15) is 15.6 Å². The summed E-state index contributed by atoms with van der Waals surface area (Å²) < 4.78 is 18.8. The lowest BCUT2D eigenvalue weighted by molar-refractivity contribution is -0.148. The Morgan fingerprint density at radius 3 is 1.54 bits per heavy atom. The molecule has 0 fully saturated rings. The number of rotatable bonds is 17. The summed E-state index contributed by atoms with van der Waals surface area (Å²) in [6.07, 6.45) is 5.33. The minimum atomic E-state index is -0.850. The van der Waals surface area contributed by atoms with Crippen LogP contribution >= 0.6 is 35.3 Å². The molecule has 0 spiro atoms. The van der Waals surface area contributed by atoms with E-state index >= 15 is 0 Å². The summed E-state index contributed by atoms with van der Waals surface area (Å²) in [4.78, 5) is 0. The number of benzene rings is 3. The van der Waals surface area contributed by atoms with E-state index in [0.717, 1.165) is 16.7 Å². The summed E-state index contributed by atoms with van der Waals surface area (Å²) in [7, 11) is 0. The third kappa shape index (κ3) is 9.98. The third-order valence-electron chi connectivity index (χ3n) is 6.12. The Morgan fingerprint density at radius 2 is 1.08 bits per heavy atom. The van der Waals surface area contributed by atoms with Crippen LogP contribution in [-0.4, -0.2) is 52.2 Å². The van der Waals surface area contributed by atoms with E-state index in [1.54, 1.807) is 35.3 Å². The molecule has 37 heavy (non-hydrogen) atoms. The largest absolute Gasteiger partial charge is 0.388 e. The zero-order valence-corrected chi connectivity index (χ0v) is 24.3. The van der Waals surface area contributed by atoms with Crippen molar-refractivity contribution in [1.82, 2.24) is 0 Å². The van der Waals surface area contributed by atoms with Gasteiger partial charge >= 0.3 is 0 Å². The highest BCUT2D eigenvalue weighted by molar-refractivity contribution is 8.33. The highest BCUT2D eigenvalue weighted by atomic mass is 32.3. The number of hydrogen-bond donors (Lipinski definition) is 1. The fourth-order valence-corrected chi connectivity index (χ4v) is 6.99. The Bertz CT molecular complexity index is 979. The molecule has 0 amide bonds. The van der Waals surface area contributed by atoms with E-state index in [4.69, 9.17) is 14.2 Å². The molecule has 200 valence electrons. The standard InChI is InChI=1S/C30H38O4S3/c1-35-30(36-2,37-3)19-28(33-21-25-15-9-5-10-16-25)29(34-22-26-17-11-6-12-18-26)27(31)23-32-20-24-13-7-4-8-14-24/h4-18,27-29,31H,19-23H2,1-3H3/t27-,28-,29-/m1/s1. The summed E-state index contributed by atoms with van der Waals surface area (Å²) in [5.74, 6) is 0. The summed E-state index contributed by atoms with van der Waals surface area (Å²) in [6, 6.07) is 30.2. The smallest absolute Gasteiger partial charge is 0.112 e. The Hall–Kier alpha value is -1.45. The summed E-state index contributed by atoms with van der Waals surface area (Å²) in [5, 5.41) is 11.4. The van der Waals surface area contributed by atoms with Crippen LogP contribution in [0.5, 0.6) is 0 Å². The van der Waals surface area contributed by atoms with Gasteiger partial charge in [-0.25, -0.2) is 0 Å². The van der Waals surface area contributed by atoms with E-state index in [2.05, 4.69) is 30.9 Å². The fourth-order valence-electron chi connectivity index (χ4n) is 3.99. The van der Waals surface area contributed by atoms with Crippen molar-refractivity contribution >= 4 is 35.3 Å². The first kappa shape index (κ1) is 30.1. The van der Waals surface area contributed by atoms with Gasteiger partial charge in [0.15, 0.2) is 0 Å². The van der Waals surface area contributed by atoms with E-state index in [-0.39, 0.29) is 16.1 Å². The number of aliphatic hydroxyl groups is 1. The molecular formula is C30H38O4S3. The second-order valence-electron chi connectivity index (χ2n) is 8.66. The first-order valence-corrected chi connectivity index (χ1v) is 16.0. The van der Waals surface area contributed by atoms with E-state index in [9.17, 15) is 5.11 Å². The second kappa shape index (κ2) is 16.5. The molecule has 0 aromatic heterocycles. The Labute approximate surface area is 234 Å². The number of ether oxygens (including phenoxy) is 3. The maximum Gasteiger partial charge on any atom is 0.112 e. The fraction of sp³-hybridized carbons (Fsp3) is 0.400. The molecule has 3 atom stereocenters. The lowest BCUT2D eigenvalue weighted by Crippen LogP contribution is -2.45. The van der Waals surface area contributed by atoms with Crippen molar-refractivity contribution in [3.63, 3.8) is 0 Å². The lowest BCUT2D eigenvalue weighted by Gasteiger charge is -2.37. The predicted molar refractivity (Wildman–Crippen MR) is 160 cm³/mol. The van der Waals surface area contributed by atoms with E-state index in [1.807, 2.05) is 78.9 Å². The van der Waals surface area contributed by atoms with E-state index in [0.29, 0.717) is 26.2 Å². The minimum Gasteiger partial charge on any atom is -0.388 e. The average molecular weight is 559 g/mol. The molecular weight excluding hydrogens is 521 g/mol. The van der Waals surface area contributed by atoms with Crippen molar-refractivity contribution in [1.29, 1.82) is 0 Å². The lowest BCUT2D eigenvalue weighted by atomic mass is 10.0. The van der Waals surface area contributed by atoms with Gasteiger partial charge in [0.2, 0.25) is 0 Å². The Kier molecular flexibility index (Phi) is 13.4. The van der Waals surface area contributed by atoms with Gasteiger partial charge in [-0.3, -0.25) is 0 Å². The van der Waals surface area contributed by atoms with Crippen molar-refractivity contribution in [2.24, 2.45) is 0 Å². The quantitative estimate of drug-likeness (QED) is 0.182. The topological polar surface area (TPSA) is 47.9 Å². The van der Waals surface area contributed by atoms with Crippen LogP contribution < -0.4 is 0 Å². The summed E-state index contributed by atoms with van der Waals surface area (Å²) >= 11 is 5.41. The molecule has 3 aromatic rings. The third-order valence-corrected chi connectivity index (χ3v) is 11.5. The number of aliphatic hydroxyl groups excluding tert-OH is 1. The first-order valence-electron chi connectivity index (χ1n) is 12.4. The van der Waals surface area contributed by atoms with Gasteiger partial charge in [-0.2, -0.15) is 0 Å². The molecule has 4 nitrogen and oxygen atoms in total. The van der Waals surface area contributed by atoms with Gasteiger partial charge in [-0.15, -0.1) is 35.3 Å². The van der Waals surface area contributed by atoms with Crippen LogP contribution in [0.15, 0.2) is 91.0 Å². The highest BCUT2D eigenvalue weighted by Crippen LogP contribution is 2.48. The van der Waals surface area contributed by atoms with Crippen LogP contribution in [0.1, 0.15) is 23.1 Å². The molecule has 7 heteroatoms. The average Bonchev–Trinajstić information content (AvgIpc) is 2.96. The minimum absolute atomic E-state index is 0.125. The monoisotopic (exact) mass is 558 g/mol. The van der Waals surface area contributed by atoms with Gasteiger partial charge in [-0.1, -0.05) is 91.0 Å². The summed E-state index contributed by atoms with van der Waals surface area (Å²) in [5.41, 5.74) is 3.21. The van der Waals surface area contributed by atoms with Gasteiger partial charge in [-0.05, 0) is 35.5 Å². The van der Waals surface area contributed by atoms with E-state index < -0.39 is 12.2 Å². The van der Waals surface area contributed by atoms with Crippen LogP contribution in [0.4, 0.5) is 0 Å². The predicted octanol–water partition coefficient (Wildman–Crippen LogP) is 6.87. The normalized spacial score (nSPS) is 14.3. The van der Waals surface area contributed by atoms with Crippen LogP contribution in [-0.2, 0) is 34.0 Å². The molecule has 0 aliphatic rings. The SMILES string of the molecule is CSC(C[C@@H](OCc1ccccc1)[C@H](OCc1ccccc1)[C@H](O)COCc1ccccc1)(SC)SC. The maximum absolute atomic E-state index is 11.4. The zero-order chi connectivity index (χ0) is 26.3. The highest BCUT2D eigenvalue weighted by Gasteiger charge is 2.38. The summed E-state index contributed by atoms with van der Waals surface area (Å²) in [6.45, 7) is 1.42. The van der Waals surface area contributed by atoms with Crippen molar-refractivity contribution < 1.29 is 19.3 Å². The second-order valence-corrected chi connectivity index (χ2v) is 12.8. The Morgan fingerprint density at radius 1 is 0.649 bits per heavy atom. The first-order chi connectivity index (χ1) is 18.1. The molecule has 0 unspecified atom stereocenters. The molecule has 0 saturated heterocycles. The van der Waals surface area contributed by atoms with E-state index in [1.165, 1.54) is 0 Å². The van der Waals surface area contributed by atoms with Crippen molar-refractivity contribution in [3.8, 4) is 0 Å². The van der Waals surface area contributed by atoms with Crippen LogP contribution in [0, 0.1) is 0 Å². The van der Waals surface area contributed by atoms with Crippen molar-refractivity contribution in [3.05, 3.63) is 108 Å². The molecule has 3 aromatic carbocycles. The van der Waals surface area contributed by atoms with Crippen LogP contribution in [0.2, 0.25) is 0 Å². The number of hydrogen-bond acceptors (Lipinski definition) is 7. The van der Waals surface area contributed by atoms with Gasteiger partial charge in [0.05, 0.1) is 32.5 Å². The maximum atomic E-state index is 11.4. The van der Waals surface area contributed by atoms with Crippen LogP contribution in [0.3, 0.4) is 0 Å². The molecule has 0 aliphatic carbocycles. The molecule has 0 radical (unpaired) electrons. The van der Waals surface area contributed by atoms with Crippen LogP contribution in [0.25, 0.3) is 0 Å². The number of thioether (sulfide) groups is 3. The molecule has 3 rings (SSSR count). The van der Waals surface area contributed by atoms with Gasteiger partial charge in [0, 0.05) is 6.42 Å². The molecule has 1 N–H and O–H groups in total.